The standard InChI is InChI=1S/C21H24ClFN2O3/c1-12-19(24-5)17(14-8-7-13(23)9-15(14)22)18(16(25-12)10-27-6)20(26)28-11-21(2,3)4/h7-9,17,25H,10-11H2,1-4,6H3. The number of hydrogen-bond acceptors (Lipinski definition) is 4. The Morgan fingerprint density at radius 2 is 2.07 bits per heavy atom. The average Bonchev–Trinajstić information content (AvgIpc) is 2.59. The lowest BCUT2D eigenvalue weighted by Crippen LogP contribution is -2.32. The van der Waals surface area contributed by atoms with Gasteiger partial charge in [-0.3, -0.25) is 0 Å². The highest BCUT2D eigenvalue weighted by Crippen LogP contribution is 2.42. The van der Waals surface area contributed by atoms with E-state index in [9.17, 15) is 9.18 Å². The van der Waals surface area contributed by atoms with E-state index in [1.54, 1.807) is 6.92 Å². The molecule has 0 bridgehead atoms. The number of ether oxygens (including phenoxy) is 2. The first-order valence-electron chi connectivity index (χ1n) is 8.78. The topological polar surface area (TPSA) is 51.9 Å². The summed E-state index contributed by atoms with van der Waals surface area (Å²) in [6.07, 6.45) is 0. The highest BCUT2D eigenvalue weighted by atomic mass is 35.5. The predicted octanol–water partition coefficient (Wildman–Crippen LogP) is 4.81. The van der Waals surface area contributed by atoms with E-state index in [1.807, 2.05) is 20.8 Å². The van der Waals surface area contributed by atoms with Gasteiger partial charge in [-0.25, -0.2) is 14.0 Å². The molecule has 7 heteroatoms. The van der Waals surface area contributed by atoms with Gasteiger partial charge in [-0.05, 0) is 30.0 Å². The lowest BCUT2D eigenvalue weighted by atomic mass is 9.84. The molecule has 0 spiro atoms. The minimum absolute atomic E-state index is 0.123. The number of nitrogens with zero attached hydrogens (tertiary/aromatic N) is 1. The summed E-state index contributed by atoms with van der Waals surface area (Å²) >= 11 is 6.29. The van der Waals surface area contributed by atoms with Crippen LogP contribution in [0.2, 0.25) is 5.02 Å². The monoisotopic (exact) mass is 406 g/mol. The molecule has 0 aliphatic carbocycles. The number of benzene rings is 1. The van der Waals surface area contributed by atoms with Gasteiger partial charge in [0.2, 0.25) is 0 Å². The van der Waals surface area contributed by atoms with E-state index in [2.05, 4.69) is 10.2 Å². The number of esters is 1. The molecule has 0 radical (unpaired) electrons. The number of nitrogens with one attached hydrogen (secondary N) is 1. The fourth-order valence-corrected chi connectivity index (χ4v) is 3.21. The van der Waals surface area contributed by atoms with Crippen LogP contribution >= 0.6 is 11.6 Å². The van der Waals surface area contributed by atoms with E-state index >= 15 is 0 Å². The molecule has 1 atom stereocenters. The van der Waals surface area contributed by atoms with Crippen molar-refractivity contribution in [3.8, 4) is 0 Å². The summed E-state index contributed by atoms with van der Waals surface area (Å²) in [7, 11) is 1.51. The zero-order valence-electron chi connectivity index (χ0n) is 16.7. The molecule has 1 unspecified atom stereocenters. The van der Waals surface area contributed by atoms with Crippen LogP contribution in [0.25, 0.3) is 4.85 Å². The van der Waals surface area contributed by atoms with Gasteiger partial charge >= 0.3 is 5.97 Å². The van der Waals surface area contributed by atoms with Crippen LogP contribution in [0.1, 0.15) is 39.2 Å². The third-order valence-corrected chi connectivity index (χ3v) is 4.48. The Morgan fingerprint density at radius 1 is 1.39 bits per heavy atom. The van der Waals surface area contributed by atoms with Gasteiger partial charge in [0, 0.05) is 17.8 Å². The normalized spacial score (nSPS) is 17.3. The number of carbonyl (C=O) groups is 1. The van der Waals surface area contributed by atoms with Gasteiger partial charge in [-0.2, -0.15) is 0 Å². The molecule has 5 nitrogen and oxygen atoms in total. The maximum Gasteiger partial charge on any atom is 0.335 e. The lowest BCUT2D eigenvalue weighted by Gasteiger charge is -2.30. The zero-order chi connectivity index (χ0) is 21.1. The van der Waals surface area contributed by atoms with Crippen LogP contribution in [0, 0.1) is 17.8 Å². The van der Waals surface area contributed by atoms with Crippen LogP contribution in [0.15, 0.2) is 40.9 Å². The maximum absolute atomic E-state index is 13.6. The molecule has 1 aromatic carbocycles. The van der Waals surface area contributed by atoms with E-state index in [0.717, 1.165) is 0 Å². The van der Waals surface area contributed by atoms with Gasteiger partial charge in [0.1, 0.15) is 5.82 Å². The molecule has 1 heterocycles. The van der Waals surface area contributed by atoms with Gasteiger partial charge in [-0.1, -0.05) is 38.4 Å². The Balaban J connectivity index is 2.62. The summed E-state index contributed by atoms with van der Waals surface area (Å²) < 4.78 is 24.4. The van der Waals surface area contributed by atoms with Crippen molar-refractivity contribution < 1.29 is 18.7 Å². The molecule has 1 N–H and O–H groups in total. The van der Waals surface area contributed by atoms with Crippen molar-refractivity contribution in [2.45, 2.75) is 33.6 Å². The Kier molecular flexibility index (Phi) is 6.87. The summed E-state index contributed by atoms with van der Waals surface area (Å²) in [5, 5.41) is 3.22. The second kappa shape index (κ2) is 8.76. The number of carbonyl (C=O) groups excluding carboxylic acids is 1. The quantitative estimate of drug-likeness (QED) is 0.563. The number of halogens is 2. The predicted molar refractivity (Wildman–Crippen MR) is 106 cm³/mol. The van der Waals surface area contributed by atoms with Crippen molar-refractivity contribution in [1.82, 2.24) is 5.32 Å². The van der Waals surface area contributed by atoms with Crippen LogP contribution in [-0.2, 0) is 14.3 Å². The Bertz CT molecular complexity index is 879. The SMILES string of the molecule is [C-]#[N+]C1=C(C)NC(COC)=C(C(=O)OCC(C)(C)C)C1c1ccc(F)cc1Cl. The Morgan fingerprint density at radius 3 is 2.61 bits per heavy atom. The van der Waals surface area contributed by atoms with Crippen LogP contribution in [0.4, 0.5) is 4.39 Å². The van der Waals surface area contributed by atoms with Crippen molar-refractivity contribution in [1.29, 1.82) is 0 Å². The molecule has 1 aromatic rings. The molecular weight excluding hydrogens is 383 g/mol. The first-order valence-corrected chi connectivity index (χ1v) is 9.16. The van der Waals surface area contributed by atoms with Crippen molar-refractivity contribution in [3.63, 3.8) is 0 Å². The molecule has 0 fully saturated rings. The van der Waals surface area contributed by atoms with E-state index in [4.69, 9.17) is 27.6 Å². The smallest absolute Gasteiger partial charge is 0.335 e. The minimum atomic E-state index is -0.774. The molecule has 150 valence electrons. The number of rotatable bonds is 5. The molecule has 28 heavy (non-hydrogen) atoms. The van der Waals surface area contributed by atoms with Crippen molar-refractivity contribution in [3.05, 3.63) is 68.7 Å². The molecule has 1 aliphatic heterocycles. The van der Waals surface area contributed by atoms with Crippen LogP contribution in [0.3, 0.4) is 0 Å². The van der Waals surface area contributed by atoms with Gasteiger partial charge in [0.25, 0.3) is 0 Å². The molecule has 0 saturated heterocycles. The maximum atomic E-state index is 13.6. The second-order valence-electron chi connectivity index (χ2n) is 7.81. The second-order valence-corrected chi connectivity index (χ2v) is 8.22. The highest BCUT2D eigenvalue weighted by Gasteiger charge is 2.37. The molecule has 0 saturated carbocycles. The largest absolute Gasteiger partial charge is 0.462 e. The molecule has 2 rings (SSSR count). The molecule has 0 aromatic heterocycles. The summed E-state index contributed by atoms with van der Waals surface area (Å²) in [5.41, 5.74) is 1.87. The van der Waals surface area contributed by atoms with Crippen molar-refractivity contribution in [2.75, 3.05) is 20.3 Å². The van der Waals surface area contributed by atoms with Gasteiger partial charge in [0.05, 0.1) is 37.0 Å². The van der Waals surface area contributed by atoms with Crippen molar-refractivity contribution in [2.24, 2.45) is 5.41 Å². The molecular formula is C21H24ClFN2O3. The van der Waals surface area contributed by atoms with E-state index < -0.39 is 17.7 Å². The minimum Gasteiger partial charge on any atom is -0.462 e. The third kappa shape index (κ3) is 4.92. The van der Waals surface area contributed by atoms with Crippen LogP contribution < -0.4 is 5.32 Å². The van der Waals surface area contributed by atoms with Crippen molar-refractivity contribution >= 4 is 17.6 Å². The third-order valence-electron chi connectivity index (χ3n) is 4.15. The van der Waals surface area contributed by atoms with Gasteiger partial charge in [-0.15, -0.1) is 0 Å². The lowest BCUT2D eigenvalue weighted by molar-refractivity contribution is -0.142. The highest BCUT2D eigenvalue weighted by molar-refractivity contribution is 6.31. The number of dihydropyridines is 1. The fourth-order valence-electron chi connectivity index (χ4n) is 2.93. The van der Waals surface area contributed by atoms with E-state index in [0.29, 0.717) is 22.7 Å². The Hall–Kier alpha value is -2.36. The van der Waals surface area contributed by atoms with Crippen LogP contribution in [-0.4, -0.2) is 26.3 Å². The van der Waals surface area contributed by atoms with E-state index in [-0.39, 0.29) is 29.2 Å². The van der Waals surface area contributed by atoms with Crippen LogP contribution in [0.5, 0.6) is 0 Å². The Labute approximate surface area is 170 Å². The first kappa shape index (κ1) is 21.9. The number of hydrogen-bond donors (Lipinski definition) is 1. The zero-order valence-corrected chi connectivity index (χ0v) is 17.4. The van der Waals surface area contributed by atoms with E-state index in [1.165, 1.54) is 25.3 Å². The molecule has 0 amide bonds. The average molecular weight is 407 g/mol. The summed E-state index contributed by atoms with van der Waals surface area (Å²) in [6.45, 7) is 15.5. The summed E-state index contributed by atoms with van der Waals surface area (Å²) in [5.74, 6) is -1.83. The first-order chi connectivity index (χ1) is 13.1. The number of allylic oxidation sites excluding steroid dienone is 2. The summed E-state index contributed by atoms with van der Waals surface area (Å²) in [4.78, 5) is 16.7. The summed E-state index contributed by atoms with van der Waals surface area (Å²) in [6, 6.07) is 3.92. The van der Waals surface area contributed by atoms with Gasteiger partial charge in [0.15, 0.2) is 5.70 Å². The number of methoxy groups -OCH3 is 1. The molecule has 1 aliphatic rings. The van der Waals surface area contributed by atoms with Gasteiger partial charge < -0.3 is 14.8 Å². The fraction of sp³-hybridized carbons (Fsp3) is 0.429.